The maximum Gasteiger partial charge on any atom is 0.313 e. The molecule has 23 heavy (non-hydrogen) atoms. The van der Waals surface area contributed by atoms with Crippen LogP contribution in [0.3, 0.4) is 0 Å². The van der Waals surface area contributed by atoms with Gasteiger partial charge in [-0.2, -0.15) is 0 Å². The fourth-order valence-electron chi connectivity index (χ4n) is 3.33. The van der Waals surface area contributed by atoms with Gasteiger partial charge in [0.1, 0.15) is 5.41 Å². The van der Waals surface area contributed by atoms with Gasteiger partial charge in [-0.3, -0.25) is 4.79 Å². The lowest BCUT2D eigenvalue weighted by atomic mass is 9.83. The lowest BCUT2D eigenvalue weighted by Crippen LogP contribution is -2.49. The van der Waals surface area contributed by atoms with Gasteiger partial charge >= 0.3 is 5.97 Å². The average molecular weight is 339 g/mol. The number of carbonyl (C=O) groups is 1. The van der Waals surface area contributed by atoms with Crippen molar-refractivity contribution in [2.45, 2.75) is 30.9 Å². The highest BCUT2D eigenvalue weighted by Gasteiger charge is 2.42. The number of rotatable bonds is 5. The number of benzene rings is 1. The first-order valence-corrected chi connectivity index (χ1v) is 9.34. The van der Waals surface area contributed by atoms with E-state index in [4.69, 9.17) is 4.74 Å². The maximum absolute atomic E-state index is 12.6. The van der Waals surface area contributed by atoms with Crippen LogP contribution in [0.1, 0.15) is 24.0 Å². The molecule has 1 fully saturated rings. The SMILES string of the molecule is O=C(O)C1(CNS(=O)(=O)C2Cc3ccccc3C2)CCCOC1. The molecule has 0 amide bonds. The zero-order valence-corrected chi connectivity index (χ0v) is 13.6. The fraction of sp³-hybridized carbons (Fsp3) is 0.562. The van der Waals surface area contributed by atoms with Gasteiger partial charge < -0.3 is 9.84 Å². The van der Waals surface area contributed by atoms with Gasteiger partial charge in [-0.25, -0.2) is 13.1 Å². The van der Waals surface area contributed by atoms with E-state index in [-0.39, 0.29) is 13.2 Å². The van der Waals surface area contributed by atoms with Gasteiger partial charge in [0.15, 0.2) is 0 Å². The van der Waals surface area contributed by atoms with Crippen LogP contribution in [0.25, 0.3) is 0 Å². The Bertz CT molecular complexity index is 669. The van der Waals surface area contributed by atoms with Gasteiger partial charge in [0.25, 0.3) is 0 Å². The van der Waals surface area contributed by atoms with Crippen LogP contribution in [0.2, 0.25) is 0 Å². The molecule has 1 aromatic rings. The molecule has 1 saturated heterocycles. The Hall–Kier alpha value is -1.44. The van der Waals surface area contributed by atoms with Crippen LogP contribution in [-0.2, 0) is 32.4 Å². The van der Waals surface area contributed by atoms with Crippen LogP contribution >= 0.6 is 0 Å². The van der Waals surface area contributed by atoms with E-state index in [1.165, 1.54) is 0 Å². The Morgan fingerprint density at radius 2 is 1.96 bits per heavy atom. The molecule has 1 atom stereocenters. The second-order valence-electron chi connectivity index (χ2n) is 6.41. The Balaban J connectivity index is 1.69. The van der Waals surface area contributed by atoms with Crippen molar-refractivity contribution in [1.82, 2.24) is 4.72 Å². The van der Waals surface area contributed by atoms with E-state index in [0.717, 1.165) is 11.1 Å². The van der Waals surface area contributed by atoms with Crippen molar-refractivity contribution in [2.75, 3.05) is 19.8 Å². The number of aliphatic carboxylic acids is 1. The van der Waals surface area contributed by atoms with Crippen molar-refractivity contribution in [3.8, 4) is 0 Å². The first kappa shape index (κ1) is 16.4. The van der Waals surface area contributed by atoms with Crippen LogP contribution in [0, 0.1) is 5.41 Å². The topological polar surface area (TPSA) is 92.7 Å². The van der Waals surface area contributed by atoms with Crippen LogP contribution in [0.4, 0.5) is 0 Å². The van der Waals surface area contributed by atoms with Crippen molar-refractivity contribution in [3.05, 3.63) is 35.4 Å². The summed E-state index contributed by atoms with van der Waals surface area (Å²) < 4.78 is 32.9. The number of sulfonamides is 1. The summed E-state index contributed by atoms with van der Waals surface area (Å²) in [7, 11) is -3.57. The zero-order valence-electron chi connectivity index (χ0n) is 12.8. The van der Waals surface area contributed by atoms with E-state index >= 15 is 0 Å². The summed E-state index contributed by atoms with van der Waals surface area (Å²) in [5.41, 5.74) is 0.949. The summed E-state index contributed by atoms with van der Waals surface area (Å²) in [6.45, 7) is 0.465. The first-order valence-electron chi connectivity index (χ1n) is 7.79. The second-order valence-corrected chi connectivity index (χ2v) is 8.45. The zero-order chi connectivity index (χ0) is 16.5. The highest BCUT2D eigenvalue weighted by molar-refractivity contribution is 7.90. The standard InChI is InChI=1S/C16H21NO5S/c18-15(19)16(6-3-7-22-11-16)10-17-23(20,21)14-8-12-4-1-2-5-13(12)9-14/h1-2,4-5,14,17H,3,6-11H2,(H,18,19). The van der Waals surface area contributed by atoms with Gasteiger partial charge in [-0.15, -0.1) is 0 Å². The van der Waals surface area contributed by atoms with Gasteiger partial charge in [0.05, 0.1) is 11.9 Å². The highest BCUT2D eigenvalue weighted by Crippen LogP contribution is 2.30. The lowest BCUT2D eigenvalue weighted by Gasteiger charge is -2.33. The Morgan fingerprint density at radius 1 is 1.30 bits per heavy atom. The third kappa shape index (κ3) is 3.27. The number of hydrogen-bond acceptors (Lipinski definition) is 4. The molecule has 7 heteroatoms. The lowest BCUT2D eigenvalue weighted by molar-refractivity contribution is -0.156. The smallest absolute Gasteiger partial charge is 0.313 e. The minimum Gasteiger partial charge on any atom is -0.481 e. The minimum atomic E-state index is -3.57. The van der Waals surface area contributed by atoms with Gasteiger partial charge in [-0.05, 0) is 36.8 Å². The number of nitrogens with one attached hydrogen (secondary N) is 1. The normalized spacial score (nSPS) is 25.2. The van der Waals surface area contributed by atoms with Gasteiger partial charge in [-0.1, -0.05) is 24.3 Å². The van der Waals surface area contributed by atoms with Crippen molar-refractivity contribution < 1.29 is 23.1 Å². The maximum atomic E-state index is 12.6. The van der Waals surface area contributed by atoms with Crippen LogP contribution in [0.5, 0.6) is 0 Å². The molecule has 0 spiro atoms. The Kier molecular flexibility index (Phi) is 4.44. The van der Waals surface area contributed by atoms with E-state index in [0.29, 0.717) is 32.3 Å². The summed E-state index contributed by atoms with van der Waals surface area (Å²) in [6, 6.07) is 7.69. The number of fused-ring (bicyclic) bond motifs is 1. The van der Waals surface area contributed by atoms with Crippen molar-refractivity contribution in [1.29, 1.82) is 0 Å². The molecule has 126 valence electrons. The largest absolute Gasteiger partial charge is 0.481 e. The van der Waals surface area contributed by atoms with E-state index in [1.54, 1.807) is 0 Å². The van der Waals surface area contributed by atoms with Crippen LogP contribution in [0.15, 0.2) is 24.3 Å². The van der Waals surface area contributed by atoms with E-state index in [9.17, 15) is 18.3 Å². The molecule has 0 bridgehead atoms. The summed E-state index contributed by atoms with van der Waals surface area (Å²) in [4.78, 5) is 11.6. The predicted molar refractivity (Wildman–Crippen MR) is 84.7 cm³/mol. The second kappa shape index (κ2) is 6.22. The molecule has 0 saturated carbocycles. The quantitative estimate of drug-likeness (QED) is 0.833. The minimum absolute atomic E-state index is 0.0513. The number of carboxylic acids is 1. The summed E-state index contributed by atoms with van der Waals surface area (Å²) in [5, 5.41) is 8.95. The summed E-state index contributed by atoms with van der Waals surface area (Å²) >= 11 is 0. The fourth-order valence-corrected chi connectivity index (χ4v) is 4.84. The molecule has 1 heterocycles. The number of ether oxygens (including phenoxy) is 1. The van der Waals surface area contributed by atoms with Crippen LogP contribution in [-0.4, -0.2) is 44.5 Å². The Morgan fingerprint density at radius 3 is 2.48 bits per heavy atom. The van der Waals surface area contributed by atoms with E-state index in [2.05, 4.69) is 4.72 Å². The molecule has 0 aromatic heterocycles. The van der Waals surface area contributed by atoms with Crippen LogP contribution < -0.4 is 4.72 Å². The molecule has 1 aliphatic carbocycles. The van der Waals surface area contributed by atoms with Gasteiger partial charge in [0, 0.05) is 13.2 Å². The monoisotopic (exact) mass is 339 g/mol. The first-order chi connectivity index (χ1) is 10.9. The summed E-state index contributed by atoms with van der Waals surface area (Å²) in [5.74, 6) is -1.00. The van der Waals surface area contributed by atoms with E-state index < -0.39 is 26.7 Å². The van der Waals surface area contributed by atoms with Gasteiger partial charge in [0.2, 0.25) is 10.0 Å². The number of carboxylic acid groups (broad SMARTS) is 1. The summed E-state index contributed by atoms with van der Waals surface area (Å²) in [6.07, 6.45) is 2.00. The predicted octanol–water partition coefficient (Wildman–Crippen LogP) is 0.955. The third-order valence-electron chi connectivity index (χ3n) is 4.84. The molecular weight excluding hydrogens is 318 g/mol. The Labute approximate surface area is 135 Å². The molecule has 2 N–H and O–H groups in total. The average Bonchev–Trinajstić information content (AvgIpc) is 2.99. The third-order valence-corrected chi connectivity index (χ3v) is 6.60. The molecule has 2 aliphatic rings. The van der Waals surface area contributed by atoms with Crippen molar-refractivity contribution in [2.24, 2.45) is 5.41 Å². The molecule has 1 aliphatic heterocycles. The molecule has 1 unspecified atom stereocenters. The molecule has 3 rings (SSSR count). The van der Waals surface area contributed by atoms with Crippen molar-refractivity contribution in [3.63, 3.8) is 0 Å². The molecule has 6 nitrogen and oxygen atoms in total. The van der Waals surface area contributed by atoms with Crippen molar-refractivity contribution >= 4 is 16.0 Å². The molecule has 1 aromatic carbocycles. The molecule has 0 radical (unpaired) electrons. The number of hydrogen-bond donors (Lipinski definition) is 2. The molecular formula is C16H21NO5S. The van der Waals surface area contributed by atoms with E-state index in [1.807, 2.05) is 24.3 Å². The highest BCUT2D eigenvalue weighted by atomic mass is 32.2.